The number of nitrogens with one attached hydrogen (secondary N) is 1. The molecule has 8 heteroatoms. The van der Waals surface area contributed by atoms with Gasteiger partial charge in [0.05, 0.1) is 10.8 Å². The van der Waals surface area contributed by atoms with Crippen molar-refractivity contribution in [1.29, 1.82) is 0 Å². The van der Waals surface area contributed by atoms with E-state index in [1.165, 1.54) is 31.0 Å². The number of nitrogens with zero attached hydrogens (tertiary/aromatic N) is 3. The van der Waals surface area contributed by atoms with Crippen molar-refractivity contribution in [3.8, 4) is 5.75 Å². The zero-order valence-electron chi connectivity index (χ0n) is 15.7. The van der Waals surface area contributed by atoms with Crippen LogP contribution in [0.25, 0.3) is 0 Å². The molecule has 0 spiro atoms. The number of hydrogen-bond donors (Lipinski definition) is 1. The molecule has 3 rings (SSSR count). The summed E-state index contributed by atoms with van der Waals surface area (Å²) in [4.78, 5) is 12.3. The van der Waals surface area contributed by atoms with E-state index >= 15 is 0 Å². The summed E-state index contributed by atoms with van der Waals surface area (Å²) in [6, 6.07) is 7.60. The van der Waals surface area contributed by atoms with Crippen LogP contribution in [0.1, 0.15) is 38.4 Å². The first-order chi connectivity index (χ1) is 13.0. The molecular weight excluding hydrogens is 384 g/mol. The molecule has 146 valence electrons. The van der Waals surface area contributed by atoms with Crippen LogP contribution in [0.15, 0.2) is 29.4 Å². The van der Waals surface area contributed by atoms with Gasteiger partial charge in [0.25, 0.3) is 0 Å². The number of amides is 1. The molecule has 1 aliphatic carbocycles. The van der Waals surface area contributed by atoms with E-state index in [4.69, 9.17) is 16.3 Å². The Hall–Kier alpha value is -1.73. The van der Waals surface area contributed by atoms with Gasteiger partial charge in [0.2, 0.25) is 5.91 Å². The van der Waals surface area contributed by atoms with Gasteiger partial charge in [0, 0.05) is 13.1 Å². The number of aromatic nitrogens is 3. The third-order valence-electron chi connectivity index (χ3n) is 4.91. The second-order valence-corrected chi connectivity index (χ2v) is 8.25. The Morgan fingerprint density at radius 3 is 2.89 bits per heavy atom. The van der Waals surface area contributed by atoms with Crippen molar-refractivity contribution < 1.29 is 9.53 Å². The maximum Gasteiger partial charge on any atom is 0.230 e. The quantitative estimate of drug-likeness (QED) is 0.705. The van der Waals surface area contributed by atoms with E-state index in [0.717, 1.165) is 6.42 Å². The second-order valence-electron chi connectivity index (χ2n) is 6.90. The van der Waals surface area contributed by atoms with Crippen LogP contribution in [0.3, 0.4) is 0 Å². The molecule has 0 saturated heterocycles. The first-order valence-electron chi connectivity index (χ1n) is 9.22. The number of para-hydroxylation sites is 1. The van der Waals surface area contributed by atoms with Crippen molar-refractivity contribution in [2.24, 2.45) is 13.0 Å². The number of carbonyl (C=O) groups excluding carboxylic acids is 1. The van der Waals surface area contributed by atoms with Gasteiger partial charge < -0.3 is 14.6 Å². The fourth-order valence-electron chi connectivity index (χ4n) is 3.21. The lowest BCUT2D eigenvalue weighted by Crippen LogP contribution is -2.41. The largest absolute Gasteiger partial charge is 0.484 e. The molecular formula is C19H25ClN4O2S. The molecule has 2 aromatic rings. The second kappa shape index (κ2) is 9.46. The highest BCUT2D eigenvalue weighted by atomic mass is 35.5. The van der Waals surface area contributed by atoms with Crippen molar-refractivity contribution in [3.63, 3.8) is 0 Å². The summed E-state index contributed by atoms with van der Waals surface area (Å²) in [7, 11) is 1.87. The van der Waals surface area contributed by atoms with Crippen LogP contribution >= 0.6 is 23.4 Å². The van der Waals surface area contributed by atoms with Crippen LogP contribution in [0, 0.1) is 5.92 Å². The number of ether oxygens (including phenoxy) is 1. The Labute approximate surface area is 169 Å². The summed E-state index contributed by atoms with van der Waals surface area (Å²) in [5, 5.41) is 12.7. The summed E-state index contributed by atoms with van der Waals surface area (Å²) >= 11 is 7.48. The predicted molar refractivity (Wildman–Crippen MR) is 107 cm³/mol. The van der Waals surface area contributed by atoms with E-state index in [2.05, 4.69) is 22.4 Å². The average Bonchev–Trinajstić information content (AvgIpc) is 3.01. The number of carbonyl (C=O) groups is 1. The number of rotatable bonds is 7. The molecule has 1 aliphatic rings. The van der Waals surface area contributed by atoms with E-state index in [1.807, 2.05) is 29.8 Å². The molecule has 1 heterocycles. The van der Waals surface area contributed by atoms with E-state index < -0.39 is 0 Å². The third kappa shape index (κ3) is 5.39. The van der Waals surface area contributed by atoms with Crippen molar-refractivity contribution in [2.75, 3.05) is 5.75 Å². The smallest absolute Gasteiger partial charge is 0.230 e. The molecule has 0 aliphatic heterocycles. The standard InChI is InChI=1S/C19H25ClN4O2S/c1-13-7-3-5-9-15(13)21-18(25)12-27-19-23-22-17(24(19)2)11-26-16-10-6-4-8-14(16)20/h4,6,8,10,13,15H,3,5,7,9,11-12H2,1-2H3,(H,21,25). The molecule has 1 aromatic heterocycles. The normalized spacial score (nSPS) is 19.7. The molecule has 1 aromatic carbocycles. The van der Waals surface area contributed by atoms with E-state index in [9.17, 15) is 4.79 Å². The van der Waals surface area contributed by atoms with Gasteiger partial charge in [-0.1, -0.05) is 55.3 Å². The third-order valence-corrected chi connectivity index (χ3v) is 6.24. The van der Waals surface area contributed by atoms with Crippen LogP contribution in [-0.4, -0.2) is 32.5 Å². The van der Waals surface area contributed by atoms with Crippen LogP contribution in [0.2, 0.25) is 5.02 Å². The molecule has 1 saturated carbocycles. The van der Waals surface area contributed by atoms with Crippen LogP contribution in [0.4, 0.5) is 0 Å². The van der Waals surface area contributed by atoms with Gasteiger partial charge in [-0.2, -0.15) is 0 Å². The molecule has 0 bridgehead atoms. The number of benzene rings is 1. The van der Waals surface area contributed by atoms with Gasteiger partial charge in [-0.15, -0.1) is 10.2 Å². The Morgan fingerprint density at radius 1 is 1.33 bits per heavy atom. The zero-order valence-corrected chi connectivity index (χ0v) is 17.2. The molecule has 1 fully saturated rings. The Balaban J connectivity index is 1.49. The molecule has 2 atom stereocenters. The average molecular weight is 409 g/mol. The lowest BCUT2D eigenvalue weighted by molar-refractivity contribution is -0.119. The minimum Gasteiger partial charge on any atom is -0.484 e. The highest BCUT2D eigenvalue weighted by Crippen LogP contribution is 2.25. The maximum absolute atomic E-state index is 12.3. The van der Waals surface area contributed by atoms with Crippen LogP contribution in [-0.2, 0) is 18.4 Å². The predicted octanol–water partition coefficient (Wildman–Crippen LogP) is 3.83. The number of hydrogen-bond acceptors (Lipinski definition) is 5. The molecule has 1 N–H and O–H groups in total. The maximum atomic E-state index is 12.3. The van der Waals surface area contributed by atoms with Gasteiger partial charge in [0.15, 0.2) is 11.0 Å². The lowest BCUT2D eigenvalue weighted by Gasteiger charge is -2.29. The minimum atomic E-state index is 0.0515. The molecule has 1 amide bonds. The van der Waals surface area contributed by atoms with Gasteiger partial charge in [0.1, 0.15) is 12.4 Å². The molecule has 0 radical (unpaired) electrons. The van der Waals surface area contributed by atoms with Crippen molar-refractivity contribution >= 4 is 29.3 Å². The zero-order chi connectivity index (χ0) is 19.2. The Kier molecular flexibility index (Phi) is 7.01. The van der Waals surface area contributed by atoms with Gasteiger partial charge in [-0.05, 0) is 30.9 Å². The number of thioether (sulfide) groups is 1. The first kappa shape index (κ1) is 20.0. The van der Waals surface area contributed by atoms with E-state index in [1.54, 1.807) is 6.07 Å². The van der Waals surface area contributed by atoms with Gasteiger partial charge >= 0.3 is 0 Å². The Morgan fingerprint density at radius 2 is 2.11 bits per heavy atom. The lowest BCUT2D eigenvalue weighted by atomic mass is 9.86. The van der Waals surface area contributed by atoms with Crippen LogP contribution in [0.5, 0.6) is 5.75 Å². The molecule has 2 unspecified atom stereocenters. The highest BCUT2D eigenvalue weighted by Gasteiger charge is 2.23. The summed E-state index contributed by atoms with van der Waals surface area (Å²) < 4.78 is 7.56. The topological polar surface area (TPSA) is 69.0 Å². The van der Waals surface area contributed by atoms with Crippen molar-refractivity contribution in [3.05, 3.63) is 35.1 Å². The van der Waals surface area contributed by atoms with Gasteiger partial charge in [-0.25, -0.2) is 0 Å². The van der Waals surface area contributed by atoms with Gasteiger partial charge in [-0.3, -0.25) is 4.79 Å². The summed E-state index contributed by atoms with van der Waals surface area (Å²) in [6.45, 7) is 2.48. The Bertz CT molecular complexity index is 783. The van der Waals surface area contributed by atoms with Crippen molar-refractivity contribution in [1.82, 2.24) is 20.1 Å². The van der Waals surface area contributed by atoms with Crippen molar-refractivity contribution in [2.45, 2.75) is 50.4 Å². The van der Waals surface area contributed by atoms with E-state index in [0.29, 0.717) is 39.5 Å². The highest BCUT2D eigenvalue weighted by molar-refractivity contribution is 7.99. The summed E-state index contributed by atoms with van der Waals surface area (Å²) in [6.07, 6.45) is 4.72. The monoisotopic (exact) mass is 408 g/mol. The molecule has 6 nitrogen and oxygen atoms in total. The summed E-state index contributed by atoms with van der Waals surface area (Å²) in [5.74, 6) is 2.23. The van der Waals surface area contributed by atoms with Crippen LogP contribution < -0.4 is 10.1 Å². The molecule has 27 heavy (non-hydrogen) atoms. The SMILES string of the molecule is CC1CCCCC1NC(=O)CSc1nnc(COc2ccccc2Cl)n1C. The summed E-state index contributed by atoms with van der Waals surface area (Å²) in [5.41, 5.74) is 0. The fourth-order valence-corrected chi connectivity index (χ4v) is 4.14. The van der Waals surface area contributed by atoms with E-state index in [-0.39, 0.29) is 12.5 Å². The minimum absolute atomic E-state index is 0.0515. The number of halogens is 1. The first-order valence-corrected chi connectivity index (χ1v) is 10.6. The fraction of sp³-hybridized carbons (Fsp3) is 0.526.